The largest absolute Gasteiger partial charge is 0.365 e. The highest BCUT2D eigenvalue weighted by Gasteiger charge is 2.56. The van der Waals surface area contributed by atoms with Crippen LogP contribution in [0.1, 0.15) is 32.1 Å². The summed E-state index contributed by atoms with van der Waals surface area (Å²) in [6, 6.07) is 0. The zero-order valence-electron chi connectivity index (χ0n) is 8.20. The molecule has 4 fully saturated rings. The molecular weight excluding hydrogens is 164 g/mol. The molecule has 0 saturated heterocycles. The van der Waals surface area contributed by atoms with Crippen molar-refractivity contribution in [2.45, 2.75) is 37.9 Å². The summed E-state index contributed by atoms with van der Waals surface area (Å²) in [5.41, 5.74) is 0. The van der Waals surface area contributed by atoms with E-state index in [-0.39, 0.29) is 0 Å². The first-order chi connectivity index (χ1) is 6.22. The maximum Gasteiger partial charge on any atom is 0.170 e. The number of aliphatic hydroxyl groups is 1. The first-order valence-electron chi connectivity index (χ1n) is 5.50. The van der Waals surface area contributed by atoms with Crippen molar-refractivity contribution in [3.8, 4) is 0 Å². The lowest BCUT2D eigenvalue weighted by Crippen LogP contribution is -2.58. The fourth-order valence-electron chi connectivity index (χ4n) is 4.19. The Morgan fingerprint density at radius 2 is 1.46 bits per heavy atom. The van der Waals surface area contributed by atoms with E-state index in [9.17, 15) is 5.11 Å². The number of hydrogen-bond acceptors (Lipinski definition) is 2. The molecule has 4 saturated carbocycles. The first kappa shape index (κ1) is 8.25. The molecule has 1 N–H and O–H groups in total. The van der Waals surface area contributed by atoms with Gasteiger partial charge in [0.2, 0.25) is 0 Å². The van der Waals surface area contributed by atoms with Gasteiger partial charge in [-0.25, -0.2) is 0 Å². The summed E-state index contributed by atoms with van der Waals surface area (Å²) in [4.78, 5) is 0. The third-order valence-electron chi connectivity index (χ3n) is 4.63. The van der Waals surface area contributed by atoms with Crippen LogP contribution in [-0.4, -0.2) is 18.0 Å². The number of hydrogen-bond donors (Lipinski definition) is 1. The molecule has 0 radical (unpaired) electrons. The Bertz CT molecular complexity index is 196. The van der Waals surface area contributed by atoms with E-state index in [0.717, 1.165) is 11.8 Å². The molecular formula is C11H18O2. The summed E-state index contributed by atoms with van der Waals surface area (Å²) in [5.74, 6) is 1.92. The van der Waals surface area contributed by atoms with Crippen molar-refractivity contribution < 1.29 is 9.84 Å². The molecule has 4 rings (SSSR count). The molecule has 0 unspecified atom stereocenters. The van der Waals surface area contributed by atoms with Crippen LogP contribution in [0.4, 0.5) is 0 Å². The van der Waals surface area contributed by atoms with Gasteiger partial charge >= 0.3 is 0 Å². The molecule has 13 heavy (non-hydrogen) atoms. The van der Waals surface area contributed by atoms with E-state index in [2.05, 4.69) is 0 Å². The molecule has 0 aromatic heterocycles. The van der Waals surface area contributed by atoms with Crippen molar-refractivity contribution in [2.75, 3.05) is 7.11 Å². The van der Waals surface area contributed by atoms with Crippen LogP contribution in [-0.2, 0) is 4.74 Å². The summed E-state index contributed by atoms with van der Waals surface area (Å²) in [7, 11) is 1.67. The highest BCUT2D eigenvalue weighted by molar-refractivity contribution is 5.02. The lowest BCUT2D eigenvalue weighted by atomic mass is 9.53. The van der Waals surface area contributed by atoms with Gasteiger partial charge in [-0.1, -0.05) is 0 Å². The lowest BCUT2D eigenvalue weighted by molar-refractivity contribution is -0.306. The Morgan fingerprint density at radius 3 is 1.85 bits per heavy atom. The summed E-state index contributed by atoms with van der Waals surface area (Å²) in [5, 5.41) is 10.4. The molecule has 0 aliphatic heterocycles. The molecule has 2 nitrogen and oxygen atoms in total. The average Bonchev–Trinajstić information content (AvgIpc) is 2.13. The normalized spacial score (nSPS) is 58.6. The van der Waals surface area contributed by atoms with E-state index in [1.165, 1.54) is 32.1 Å². The summed E-state index contributed by atoms with van der Waals surface area (Å²) in [6.07, 6.45) is 6.25. The summed E-state index contributed by atoms with van der Waals surface area (Å²) < 4.78 is 5.37. The van der Waals surface area contributed by atoms with E-state index in [0.29, 0.717) is 11.8 Å². The highest BCUT2D eigenvalue weighted by atomic mass is 16.6. The van der Waals surface area contributed by atoms with Crippen molar-refractivity contribution in [3.05, 3.63) is 0 Å². The molecule has 0 aromatic rings. The first-order valence-corrected chi connectivity index (χ1v) is 5.50. The Balaban J connectivity index is 1.93. The monoisotopic (exact) mass is 182 g/mol. The molecule has 2 heteroatoms. The van der Waals surface area contributed by atoms with Gasteiger partial charge in [-0.05, 0) is 43.9 Å². The van der Waals surface area contributed by atoms with Gasteiger partial charge in [0, 0.05) is 18.9 Å². The van der Waals surface area contributed by atoms with Gasteiger partial charge in [-0.15, -0.1) is 0 Å². The molecule has 4 aliphatic carbocycles. The van der Waals surface area contributed by atoms with Gasteiger partial charge in [0.05, 0.1) is 0 Å². The predicted molar refractivity (Wildman–Crippen MR) is 49.0 cm³/mol. The van der Waals surface area contributed by atoms with Crippen molar-refractivity contribution in [3.63, 3.8) is 0 Å². The predicted octanol–water partition coefficient (Wildman–Crippen LogP) is 1.78. The molecule has 0 aromatic carbocycles. The molecule has 4 bridgehead atoms. The topological polar surface area (TPSA) is 29.5 Å². The van der Waals surface area contributed by atoms with E-state index < -0.39 is 5.79 Å². The fourth-order valence-corrected chi connectivity index (χ4v) is 4.19. The third kappa shape index (κ3) is 0.962. The smallest absolute Gasteiger partial charge is 0.170 e. The van der Waals surface area contributed by atoms with Crippen LogP contribution in [0.15, 0.2) is 0 Å². The van der Waals surface area contributed by atoms with Gasteiger partial charge in [0.15, 0.2) is 5.79 Å². The number of methoxy groups -OCH3 is 1. The van der Waals surface area contributed by atoms with E-state index in [1.54, 1.807) is 7.11 Å². The molecule has 74 valence electrons. The molecule has 0 spiro atoms. The van der Waals surface area contributed by atoms with Crippen molar-refractivity contribution in [2.24, 2.45) is 23.7 Å². The minimum atomic E-state index is -0.757. The van der Waals surface area contributed by atoms with Crippen LogP contribution in [0.3, 0.4) is 0 Å². The van der Waals surface area contributed by atoms with Crippen molar-refractivity contribution in [1.29, 1.82) is 0 Å². The number of rotatable bonds is 1. The standard InChI is InChI=1S/C11H18O2/c1-13-11(12)9-3-7-2-8(5-9)6-10(11)4-7/h7-10,12H,2-6H2,1H3. The van der Waals surface area contributed by atoms with Crippen molar-refractivity contribution in [1.82, 2.24) is 0 Å². The second-order valence-electron chi connectivity index (χ2n) is 5.26. The van der Waals surface area contributed by atoms with Gasteiger partial charge in [0.1, 0.15) is 0 Å². The number of ether oxygens (including phenoxy) is 1. The third-order valence-corrected chi connectivity index (χ3v) is 4.63. The fraction of sp³-hybridized carbons (Fsp3) is 1.00. The summed E-state index contributed by atoms with van der Waals surface area (Å²) >= 11 is 0. The van der Waals surface area contributed by atoms with Crippen LogP contribution < -0.4 is 0 Å². The van der Waals surface area contributed by atoms with Crippen LogP contribution in [0.25, 0.3) is 0 Å². The highest BCUT2D eigenvalue weighted by Crippen LogP contribution is 2.58. The maximum absolute atomic E-state index is 10.4. The zero-order valence-corrected chi connectivity index (χ0v) is 8.20. The summed E-state index contributed by atoms with van der Waals surface area (Å²) in [6.45, 7) is 0. The molecule has 0 amide bonds. The lowest BCUT2D eigenvalue weighted by Gasteiger charge is -2.57. The second-order valence-corrected chi connectivity index (χ2v) is 5.26. The second kappa shape index (κ2) is 2.48. The SMILES string of the molecule is COC1(O)C2CC3CC(C2)CC1C3. The zero-order chi connectivity index (χ0) is 9.05. The van der Waals surface area contributed by atoms with E-state index in [1.807, 2.05) is 0 Å². The van der Waals surface area contributed by atoms with Crippen molar-refractivity contribution >= 4 is 0 Å². The quantitative estimate of drug-likeness (QED) is 0.626. The Kier molecular flexibility index (Phi) is 1.58. The van der Waals surface area contributed by atoms with Gasteiger partial charge in [0.25, 0.3) is 0 Å². The Morgan fingerprint density at radius 1 is 1.00 bits per heavy atom. The van der Waals surface area contributed by atoms with Crippen LogP contribution in [0, 0.1) is 23.7 Å². The Labute approximate surface area is 79.3 Å². The minimum absolute atomic E-state index is 0.439. The van der Waals surface area contributed by atoms with Crippen LogP contribution >= 0.6 is 0 Å². The Hall–Kier alpha value is -0.0800. The van der Waals surface area contributed by atoms with Crippen LogP contribution in [0.2, 0.25) is 0 Å². The van der Waals surface area contributed by atoms with Gasteiger partial charge in [-0.3, -0.25) is 0 Å². The van der Waals surface area contributed by atoms with E-state index in [4.69, 9.17) is 4.74 Å². The average molecular weight is 182 g/mol. The maximum atomic E-state index is 10.4. The van der Waals surface area contributed by atoms with Gasteiger partial charge < -0.3 is 9.84 Å². The van der Waals surface area contributed by atoms with Crippen LogP contribution in [0.5, 0.6) is 0 Å². The molecule has 0 atom stereocenters. The van der Waals surface area contributed by atoms with E-state index >= 15 is 0 Å². The van der Waals surface area contributed by atoms with Gasteiger partial charge in [-0.2, -0.15) is 0 Å². The molecule has 0 heterocycles. The molecule has 4 aliphatic rings. The minimum Gasteiger partial charge on any atom is -0.365 e.